The molecule has 2 fully saturated rings. The Kier molecular flexibility index (Phi) is 6.70. The summed E-state index contributed by atoms with van der Waals surface area (Å²) in [6.07, 6.45) is 13.0. The van der Waals surface area contributed by atoms with Crippen molar-refractivity contribution in [3.05, 3.63) is 77.4 Å². The van der Waals surface area contributed by atoms with Crippen molar-refractivity contribution < 1.29 is 18.7 Å². The Hall–Kier alpha value is -3.58. The minimum atomic E-state index is -0.206. The molecule has 0 aliphatic carbocycles. The number of halogens is 1. The number of piperidine rings is 2. The smallest absolute Gasteiger partial charge is 0.250 e. The molecule has 0 radical (unpaired) electrons. The number of benzene rings is 2. The Morgan fingerprint density at radius 1 is 1.05 bits per heavy atom. The molecule has 1 amide bonds. The van der Waals surface area contributed by atoms with Crippen LogP contribution < -0.4 is 9.47 Å². The van der Waals surface area contributed by atoms with Gasteiger partial charge in [-0.1, -0.05) is 12.1 Å². The zero-order valence-electron chi connectivity index (χ0n) is 20.9. The molecule has 2 aromatic carbocycles. The van der Waals surface area contributed by atoms with E-state index in [2.05, 4.69) is 22.2 Å². The monoisotopic (exact) mass is 501 g/mol. The topological polar surface area (TPSA) is 57.8 Å². The Morgan fingerprint density at radius 3 is 2.81 bits per heavy atom. The van der Waals surface area contributed by atoms with Gasteiger partial charge in [-0.05, 0) is 98.6 Å². The van der Waals surface area contributed by atoms with Crippen molar-refractivity contribution in [3.63, 3.8) is 0 Å². The van der Waals surface area contributed by atoms with Crippen molar-refractivity contribution in [3.8, 4) is 11.5 Å². The van der Waals surface area contributed by atoms with Crippen LogP contribution in [0.4, 0.5) is 4.39 Å². The molecule has 1 aromatic heterocycles. The van der Waals surface area contributed by atoms with Crippen molar-refractivity contribution >= 4 is 22.9 Å². The number of allylic oxidation sites excluding steroid dienone is 1. The van der Waals surface area contributed by atoms with Crippen LogP contribution in [0.25, 0.3) is 17.0 Å². The van der Waals surface area contributed by atoms with Gasteiger partial charge in [-0.2, -0.15) is 0 Å². The van der Waals surface area contributed by atoms with Gasteiger partial charge in [0.2, 0.25) is 6.79 Å². The molecule has 0 bridgehead atoms. The van der Waals surface area contributed by atoms with Gasteiger partial charge in [0, 0.05) is 42.0 Å². The maximum atomic E-state index is 13.6. The summed E-state index contributed by atoms with van der Waals surface area (Å²) in [7, 11) is 0. The van der Waals surface area contributed by atoms with E-state index in [-0.39, 0.29) is 18.5 Å². The molecule has 6 rings (SSSR count). The number of H-pyrrole nitrogens is 1. The first kappa shape index (κ1) is 23.8. The van der Waals surface area contributed by atoms with E-state index in [1.54, 1.807) is 18.2 Å². The van der Waals surface area contributed by atoms with E-state index in [1.807, 2.05) is 35.2 Å². The standard InChI is InChI=1S/C30H32FN3O3/c31-23-6-7-25-26(19-32-27(25)18-23)22-10-14-33(15-11-22)16-12-24-3-1-2-13-34(24)30(35)9-5-21-4-8-28-29(17-21)37-20-36-28/h4-9,12,17-19,22,32H,1-3,10-11,13-16,20H2. The molecule has 0 unspecified atom stereocenters. The van der Waals surface area contributed by atoms with Crippen LogP contribution >= 0.6 is 0 Å². The van der Waals surface area contributed by atoms with Gasteiger partial charge in [0.1, 0.15) is 5.82 Å². The lowest BCUT2D eigenvalue weighted by molar-refractivity contribution is -0.124. The summed E-state index contributed by atoms with van der Waals surface area (Å²) in [6.45, 7) is 3.89. The van der Waals surface area contributed by atoms with Crippen LogP contribution in [0, 0.1) is 5.82 Å². The average molecular weight is 502 g/mol. The normalized spacial score (nSPS) is 19.9. The van der Waals surface area contributed by atoms with Crippen LogP contribution in [0.3, 0.4) is 0 Å². The molecule has 0 spiro atoms. The zero-order valence-corrected chi connectivity index (χ0v) is 20.9. The molecular formula is C30H32FN3O3. The van der Waals surface area contributed by atoms with E-state index < -0.39 is 0 Å². The number of rotatable bonds is 5. The van der Waals surface area contributed by atoms with Crippen LogP contribution in [0.1, 0.15) is 49.1 Å². The Balaban J connectivity index is 1.06. The third-order valence-corrected chi connectivity index (χ3v) is 7.78. The molecule has 4 heterocycles. The molecule has 7 heteroatoms. The fourth-order valence-corrected chi connectivity index (χ4v) is 5.71. The SMILES string of the molecule is O=C(C=Cc1ccc2c(c1)OCO2)N1CCCCC1=CCN1CCC(c2c[nH]c3cc(F)ccc23)CC1. The molecule has 0 saturated carbocycles. The second kappa shape index (κ2) is 10.4. The first-order chi connectivity index (χ1) is 18.1. The summed E-state index contributed by atoms with van der Waals surface area (Å²) in [6, 6.07) is 10.7. The Bertz CT molecular complexity index is 1350. The largest absolute Gasteiger partial charge is 0.454 e. The van der Waals surface area contributed by atoms with Gasteiger partial charge in [0.25, 0.3) is 5.91 Å². The second-order valence-corrected chi connectivity index (χ2v) is 10.1. The lowest BCUT2D eigenvalue weighted by Gasteiger charge is -2.33. The minimum Gasteiger partial charge on any atom is -0.454 e. The third kappa shape index (κ3) is 5.14. The van der Waals surface area contributed by atoms with E-state index in [0.29, 0.717) is 5.92 Å². The Labute approximate surface area is 216 Å². The number of amides is 1. The van der Waals surface area contributed by atoms with Crippen LogP contribution in [0.2, 0.25) is 0 Å². The number of carbonyl (C=O) groups is 1. The number of nitrogens with one attached hydrogen (secondary N) is 1. The molecule has 3 aliphatic rings. The molecule has 3 aliphatic heterocycles. The molecular weight excluding hydrogens is 469 g/mol. The predicted molar refractivity (Wildman–Crippen MR) is 142 cm³/mol. The number of aromatic nitrogens is 1. The molecule has 0 atom stereocenters. The van der Waals surface area contributed by atoms with Gasteiger partial charge < -0.3 is 19.4 Å². The zero-order chi connectivity index (χ0) is 25.2. The van der Waals surface area contributed by atoms with Crippen LogP contribution in [-0.4, -0.2) is 53.7 Å². The molecule has 3 aromatic rings. The highest BCUT2D eigenvalue weighted by Crippen LogP contribution is 2.34. The highest BCUT2D eigenvalue weighted by molar-refractivity contribution is 5.93. The number of aromatic amines is 1. The summed E-state index contributed by atoms with van der Waals surface area (Å²) in [5.41, 5.74) is 4.22. The van der Waals surface area contributed by atoms with Crippen LogP contribution in [-0.2, 0) is 4.79 Å². The lowest BCUT2D eigenvalue weighted by atomic mass is 9.89. The molecule has 37 heavy (non-hydrogen) atoms. The van der Waals surface area contributed by atoms with Gasteiger partial charge in [-0.3, -0.25) is 9.69 Å². The van der Waals surface area contributed by atoms with Crippen LogP contribution in [0.5, 0.6) is 11.5 Å². The molecule has 1 N–H and O–H groups in total. The molecule has 2 saturated heterocycles. The first-order valence-electron chi connectivity index (χ1n) is 13.2. The van der Waals surface area contributed by atoms with Gasteiger partial charge in [-0.25, -0.2) is 4.39 Å². The van der Waals surface area contributed by atoms with Gasteiger partial charge in [-0.15, -0.1) is 0 Å². The fraction of sp³-hybridized carbons (Fsp3) is 0.367. The van der Waals surface area contributed by atoms with E-state index >= 15 is 0 Å². The maximum absolute atomic E-state index is 13.6. The third-order valence-electron chi connectivity index (χ3n) is 7.78. The highest BCUT2D eigenvalue weighted by atomic mass is 19.1. The van der Waals surface area contributed by atoms with Crippen LogP contribution in [0.15, 0.2) is 60.4 Å². The number of hydrogen-bond acceptors (Lipinski definition) is 4. The summed E-state index contributed by atoms with van der Waals surface area (Å²) in [5.74, 6) is 1.76. The summed E-state index contributed by atoms with van der Waals surface area (Å²) < 4.78 is 24.4. The fourth-order valence-electron chi connectivity index (χ4n) is 5.71. The Morgan fingerprint density at radius 2 is 1.92 bits per heavy atom. The maximum Gasteiger partial charge on any atom is 0.250 e. The summed E-state index contributed by atoms with van der Waals surface area (Å²) in [5, 5.41) is 1.13. The van der Waals surface area contributed by atoms with Crippen molar-refractivity contribution in [2.45, 2.75) is 38.0 Å². The number of hydrogen-bond donors (Lipinski definition) is 1. The number of likely N-dealkylation sites (tertiary alicyclic amines) is 2. The van der Waals surface area contributed by atoms with Gasteiger partial charge >= 0.3 is 0 Å². The number of nitrogens with zero attached hydrogens (tertiary/aromatic N) is 2. The van der Waals surface area contributed by atoms with E-state index in [1.165, 1.54) is 5.56 Å². The van der Waals surface area contributed by atoms with Crippen molar-refractivity contribution in [2.75, 3.05) is 33.0 Å². The first-order valence-corrected chi connectivity index (χ1v) is 13.2. The number of ether oxygens (including phenoxy) is 2. The number of carbonyl (C=O) groups excluding carboxylic acids is 1. The summed E-state index contributed by atoms with van der Waals surface area (Å²) >= 11 is 0. The van der Waals surface area contributed by atoms with Crippen molar-refractivity contribution in [1.82, 2.24) is 14.8 Å². The van der Waals surface area contributed by atoms with Crippen molar-refractivity contribution in [2.24, 2.45) is 0 Å². The van der Waals surface area contributed by atoms with Gasteiger partial charge in [0.15, 0.2) is 11.5 Å². The molecule has 192 valence electrons. The average Bonchev–Trinajstić information content (AvgIpc) is 3.57. The predicted octanol–water partition coefficient (Wildman–Crippen LogP) is 5.82. The summed E-state index contributed by atoms with van der Waals surface area (Å²) in [4.78, 5) is 20.7. The highest BCUT2D eigenvalue weighted by Gasteiger charge is 2.24. The number of fused-ring (bicyclic) bond motifs is 2. The minimum absolute atomic E-state index is 0.0260. The lowest BCUT2D eigenvalue weighted by Crippen LogP contribution is -2.36. The van der Waals surface area contributed by atoms with E-state index in [4.69, 9.17) is 9.47 Å². The van der Waals surface area contributed by atoms with Gasteiger partial charge in [0.05, 0.1) is 0 Å². The molecule has 6 nitrogen and oxygen atoms in total. The van der Waals surface area contributed by atoms with E-state index in [0.717, 1.165) is 91.9 Å². The quantitative estimate of drug-likeness (QED) is 0.448. The van der Waals surface area contributed by atoms with Crippen molar-refractivity contribution in [1.29, 1.82) is 0 Å². The second-order valence-electron chi connectivity index (χ2n) is 10.1. The van der Waals surface area contributed by atoms with E-state index in [9.17, 15) is 9.18 Å².